The lowest BCUT2D eigenvalue weighted by Crippen LogP contribution is -2.15. The molecule has 0 bridgehead atoms. The summed E-state index contributed by atoms with van der Waals surface area (Å²) >= 11 is 1.90. The fourth-order valence-electron chi connectivity index (χ4n) is 2.17. The van der Waals surface area contributed by atoms with Crippen LogP contribution in [0.15, 0.2) is 65.2 Å². The number of para-hydroxylation sites is 1. The summed E-state index contributed by atoms with van der Waals surface area (Å²) in [6, 6.07) is 19.1. The van der Waals surface area contributed by atoms with Crippen LogP contribution in [0, 0.1) is 0 Å². The van der Waals surface area contributed by atoms with Crippen LogP contribution in [0.5, 0.6) is 0 Å². The summed E-state index contributed by atoms with van der Waals surface area (Å²) in [4.78, 5) is 3.74. The van der Waals surface area contributed by atoms with E-state index in [1.54, 1.807) is 0 Å². The van der Waals surface area contributed by atoms with Gasteiger partial charge < -0.3 is 4.90 Å². The molecule has 1 aliphatic heterocycles. The summed E-state index contributed by atoms with van der Waals surface area (Å²) in [7, 11) is 0. The lowest BCUT2D eigenvalue weighted by atomic mass is 10.2. The Hall–Kier alpha value is -0.940. The highest BCUT2D eigenvalue weighted by Gasteiger charge is 2.19. The molecule has 0 spiro atoms. The average Bonchev–Trinajstić information content (AvgIpc) is 2.84. The van der Waals surface area contributed by atoms with Gasteiger partial charge in [-0.25, -0.2) is 0 Å². The van der Waals surface area contributed by atoms with Gasteiger partial charge in [0.2, 0.25) is 0 Å². The largest absolute Gasteiger partial charge is 0.334 e. The number of benzene rings is 2. The number of halogens is 1. The molecule has 1 nitrogen and oxygen atoms in total. The van der Waals surface area contributed by atoms with Gasteiger partial charge in [0.25, 0.3) is 0 Å². The molecule has 0 saturated heterocycles. The molecule has 3 rings (SSSR count). The van der Waals surface area contributed by atoms with E-state index in [1.165, 1.54) is 21.8 Å². The smallest absolute Gasteiger partial charge is 0.0732 e. The Balaban J connectivity index is 0.00000133. The van der Waals surface area contributed by atoms with Gasteiger partial charge in [0, 0.05) is 10.6 Å². The first-order valence-corrected chi connectivity index (χ1v) is 7.06. The predicted molar refractivity (Wildman–Crippen MR) is 95.2 cm³/mol. The van der Waals surface area contributed by atoms with Crippen molar-refractivity contribution in [3.05, 3.63) is 65.9 Å². The van der Waals surface area contributed by atoms with Gasteiger partial charge in [-0.3, -0.25) is 0 Å². The second-order valence-electron chi connectivity index (χ2n) is 4.37. The predicted octanol–water partition coefficient (Wildman–Crippen LogP) is 5.24. The number of allylic oxidation sites excluding steroid dienone is 1. The van der Waals surface area contributed by atoms with Crippen LogP contribution in [0.25, 0.3) is 6.08 Å². The van der Waals surface area contributed by atoms with Crippen molar-refractivity contribution in [3.8, 4) is 0 Å². The molecule has 0 amide bonds. The van der Waals surface area contributed by atoms with E-state index in [1.807, 2.05) is 17.8 Å². The Morgan fingerprint density at radius 1 is 1.05 bits per heavy atom. The van der Waals surface area contributed by atoms with Crippen LogP contribution in [0.3, 0.4) is 0 Å². The van der Waals surface area contributed by atoms with E-state index in [0.29, 0.717) is 0 Å². The third-order valence-corrected chi connectivity index (χ3v) is 4.15. The Morgan fingerprint density at radius 2 is 1.74 bits per heavy atom. The molecule has 0 aromatic heterocycles. The van der Waals surface area contributed by atoms with Gasteiger partial charge in [-0.15, -0.1) is 35.7 Å². The molecular weight excluding hydrogens is 365 g/mol. The van der Waals surface area contributed by atoms with E-state index in [9.17, 15) is 0 Å². The van der Waals surface area contributed by atoms with Crippen molar-refractivity contribution in [1.29, 1.82) is 0 Å². The molecule has 1 heterocycles. The molecule has 2 aromatic carbocycles. The van der Waals surface area contributed by atoms with Crippen molar-refractivity contribution < 1.29 is 0 Å². The van der Waals surface area contributed by atoms with Crippen LogP contribution >= 0.6 is 35.7 Å². The lowest BCUT2D eigenvalue weighted by Gasteiger charge is -2.19. The number of anilines is 1. The van der Waals surface area contributed by atoms with E-state index >= 15 is 0 Å². The molecule has 98 valence electrons. The maximum absolute atomic E-state index is 2.37. The van der Waals surface area contributed by atoms with Crippen molar-refractivity contribution in [3.63, 3.8) is 0 Å². The zero-order valence-electron chi connectivity index (χ0n) is 10.7. The Morgan fingerprint density at radius 3 is 2.53 bits per heavy atom. The molecule has 0 N–H and O–H groups in total. The number of hydrogen-bond donors (Lipinski definition) is 0. The Kier molecular flexibility index (Phi) is 4.93. The first-order chi connectivity index (χ1) is 8.84. The lowest BCUT2D eigenvalue weighted by molar-refractivity contribution is 1.08. The molecular formula is C16H16INS. The second kappa shape index (κ2) is 6.48. The first kappa shape index (κ1) is 14.5. The summed E-state index contributed by atoms with van der Waals surface area (Å²) in [6.07, 6.45) is 2.24. The monoisotopic (exact) mass is 381 g/mol. The highest BCUT2D eigenvalue weighted by atomic mass is 127. The average molecular weight is 381 g/mol. The third-order valence-electron chi connectivity index (χ3n) is 3.11. The van der Waals surface area contributed by atoms with E-state index in [2.05, 4.69) is 66.4 Å². The maximum atomic E-state index is 2.37. The summed E-state index contributed by atoms with van der Waals surface area (Å²) < 4.78 is 0. The maximum Gasteiger partial charge on any atom is 0.0732 e. The molecule has 1 aliphatic rings. The number of fused-ring (bicyclic) bond motifs is 1. The minimum absolute atomic E-state index is 0. The molecule has 0 radical (unpaired) electrons. The molecule has 0 unspecified atom stereocenters. The molecule has 0 aliphatic carbocycles. The third kappa shape index (κ3) is 3.15. The molecule has 2 aromatic rings. The van der Waals surface area contributed by atoms with Crippen LogP contribution in [-0.4, -0.2) is 5.88 Å². The van der Waals surface area contributed by atoms with Crippen molar-refractivity contribution in [1.82, 2.24) is 0 Å². The summed E-state index contributed by atoms with van der Waals surface area (Å²) in [5.74, 6) is 1.01. The Labute approximate surface area is 135 Å². The summed E-state index contributed by atoms with van der Waals surface area (Å²) in [6.45, 7) is 2.18. The minimum atomic E-state index is 0. The first-order valence-electron chi connectivity index (χ1n) is 6.07. The molecule has 0 saturated carbocycles. The number of thioether (sulfide) groups is 1. The van der Waals surface area contributed by atoms with Gasteiger partial charge in [-0.05, 0) is 30.7 Å². The Bertz CT molecular complexity index is 580. The topological polar surface area (TPSA) is 3.24 Å². The quantitative estimate of drug-likeness (QED) is 0.655. The fourth-order valence-corrected chi connectivity index (χ4v) is 3.28. The minimum Gasteiger partial charge on any atom is -0.334 e. The van der Waals surface area contributed by atoms with Crippen molar-refractivity contribution in [2.45, 2.75) is 11.8 Å². The fraction of sp³-hybridized carbons (Fsp3) is 0.125. The highest BCUT2D eigenvalue weighted by Crippen LogP contribution is 2.40. The summed E-state index contributed by atoms with van der Waals surface area (Å²) in [5, 5.41) is 0. The van der Waals surface area contributed by atoms with Crippen LogP contribution < -0.4 is 4.90 Å². The van der Waals surface area contributed by atoms with Crippen molar-refractivity contribution in [2.75, 3.05) is 10.8 Å². The van der Waals surface area contributed by atoms with Crippen LogP contribution in [0.4, 0.5) is 5.69 Å². The number of nitrogens with zero attached hydrogens (tertiary/aromatic N) is 1. The molecule has 0 atom stereocenters. The molecule has 0 fully saturated rings. The van der Waals surface area contributed by atoms with Gasteiger partial charge in [0.15, 0.2) is 0 Å². The van der Waals surface area contributed by atoms with E-state index in [0.717, 1.165) is 5.88 Å². The normalized spacial score (nSPS) is 13.9. The highest BCUT2D eigenvalue weighted by molar-refractivity contribution is 14.0. The standard InChI is InChI=1S/C16H15NS.HI/c1-13(11-14-7-3-2-4-8-14)17-12-18-16-10-6-5-9-15(16)17;/h2-11H,12H2,1H3;1H. The zero-order valence-corrected chi connectivity index (χ0v) is 13.9. The SMILES string of the molecule is CC(=Cc1ccccc1)N1CSc2ccccc21.I. The molecule has 19 heavy (non-hydrogen) atoms. The van der Waals surface area contributed by atoms with Gasteiger partial charge in [-0.1, -0.05) is 42.5 Å². The van der Waals surface area contributed by atoms with E-state index in [-0.39, 0.29) is 24.0 Å². The second-order valence-corrected chi connectivity index (χ2v) is 5.35. The molecule has 3 heteroatoms. The number of hydrogen-bond acceptors (Lipinski definition) is 2. The van der Waals surface area contributed by atoms with Gasteiger partial charge in [-0.2, -0.15) is 0 Å². The summed E-state index contributed by atoms with van der Waals surface area (Å²) in [5.41, 5.74) is 3.87. The van der Waals surface area contributed by atoms with Crippen LogP contribution in [-0.2, 0) is 0 Å². The van der Waals surface area contributed by atoms with Gasteiger partial charge in [0.1, 0.15) is 0 Å². The number of rotatable bonds is 2. The van der Waals surface area contributed by atoms with E-state index in [4.69, 9.17) is 0 Å². The van der Waals surface area contributed by atoms with Crippen molar-refractivity contribution >= 4 is 47.5 Å². The van der Waals surface area contributed by atoms with Crippen molar-refractivity contribution in [2.24, 2.45) is 0 Å². The van der Waals surface area contributed by atoms with E-state index < -0.39 is 0 Å². The van der Waals surface area contributed by atoms with Gasteiger partial charge in [0.05, 0.1) is 11.6 Å². The van der Waals surface area contributed by atoms with Crippen LogP contribution in [0.1, 0.15) is 12.5 Å². The van der Waals surface area contributed by atoms with Gasteiger partial charge >= 0.3 is 0 Å². The van der Waals surface area contributed by atoms with Crippen LogP contribution in [0.2, 0.25) is 0 Å². The zero-order chi connectivity index (χ0) is 12.4.